The number of hydrogen-bond acceptors (Lipinski definition) is 8. The first-order valence-electron chi connectivity index (χ1n) is 16.3. The maximum Gasteiger partial charge on any atom is 0.217 e. The van der Waals surface area contributed by atoms with Crippen LogP contribution in [-0.2, 0) is 27.3 Å². The third-order valence-corrected chi connectivity index (χ3v) is 9.01. The van der Waals surface area contributed by atoms with Crippen LogP contribution in [0.25, 0.3) is 28.2 Å². The van der Waals surface area contributed by atoms with E-state index in [1.54, 1.807) is 13.1 Å². The smallest absolute Gasteiger partial charge is 0.217 e. The van der Waals surface area contributed by atoms with Gasteiger partial charge in [0.1, 0.15) is 22.5 Å². The SMILES string of the molecule is CC(=O)NC1CCc2cc(-n3c(-c4cccnc4N)nc4ccc(Br)nc43)ccc21.Fc1ccc(C2OCCO2)c(OCc2ccccc2)c1F. The van der Waals surface area contributed by atoms with Gasteiger partial charge < -0.3 is 25.3 Å². The normalized spacial score (nSPS) is 15.3. The molecule has 0 bridgehead atoms. The quantitative estimate of drug-likeness (QED) is 0.160. The summed E-state index contributed by atoms with van der Waals surface area (Å²) in [6.45, 7) is 2.53. The van der Waals surface area contributed by atoms with Gasteiger partial charge in [-0.05, 0) is 94.0 Å². The minimum atomic E-state index is -1.03. The highest BCUT2D eigenvalue weighted by Crippen LogP contribution is 2.37. The molecule has 260 valence electrons. The Hall–Kier alpha value is -5.24. The van der Waals surface area contributed by atoms with Crippen molar-refractivity contribution >= 4 is 38.8 Å². The van der Waals surface area contributed by atoms with Crippen molar-refractivity contribution in [2.24, 2.45) is 0 Å². The molecule has 3 N–H and O–H groups in total. The van der Waals surface area contributed by atoms with Crippen molar-refractivity contribution in [2.75, 3.05) is 18.9 Å². The molecule has 10 nitrogen and oxygen atoms in total. The molecule has 6 aromatic rings. The monoisotopic (exact) mass is 754 g/mol. The average Bonchev–Trinajstić information content (AvgIpc) is 3.89. The number of hydrogen-bond donors (Lipinski definition) is 2. The zero-order valence-corrected chi connectivity index (χ0v) is 29.1. The fourth-order valence-electron chi connectivity index (χ4n) is 6.25. The van der Waals surface area contributed by atoms with Gasteiger partial charge in [0.2, 0.25) is 11.7 Å². The third-order valence-electron chi connectivity index (χ3n) is 8.57. The van der Waals surface area contributed by atoms with Crippen molar-refractivity contribution in [1.82, 2.24) is 24.8 Å². The van der Waals surface area contributed by atoms with E-state index in [9.17, 15) is 13.6 Å². The lowest BCUT2D eigenvalue weighted by molar-refractivity contribution is -0.119. The van der Waals surface area contributed by atoms with Crippen LogP contribution in [0.3, 0.4) is 0 Å². The second-order valence-corrected chi connectivity index (χ2v) is 12.8. The Bertz CT molecular complexity index is 2210. The molecule has 1 atom stereocenters. The summed E-state index contributed by atoms with van der Waals surface area (Å²) in [5.74, 6) is -1.05. The minimum Gasteiger partial charge on any atom is -0.485 e. The molecule has 2 aliphatic rings. The van der Waals surface area contributed by atoms with E-state index in [1.807, 2.05) is 65.2 Å². The largest absolute Gasteiger partial charge is 0.485 e. The third kappa shape index (κ3) is 7.32. The number of anilines is 1. The zero-order valence-electron chi connectivity index (χ0n) is 27.5. The van der Waals surface area contributed by atoms with E-state index in [2.05, 4.69) is 43.3 Å². The van der Waals surface area contributed by atoms with Crippen molar-refractivity contribution in [3.05, 3.63) is 130 Å². The Kier molecular flexibility index (Phi) is 10.0. The van der Waals surface area contributed by atoms with Gasteiger partial charge in [0, 0.05) is 18.8 Å². The zero-order chi connectivity index (χ0) is 35.5. The van der Waals surface area contributed by atoms with Crippen LogP contribution < -0.4 is 15.8 Å². The van der Waals surface area contributed by atoms with Gasteiger partial charge in [-0.2, -0.15) is 4.39 Å². The first kappa shape index (κ1) is 34.2. The van der Waals surface area contributed by atoms with Crippen LogP contribution in [0, 0.1) is 11.6 Å². The number of aromatic nitrogens is 4. The Morgan fingerprint density at radius 3 is 2.55 bits per heavy atom. The van der Waals surface area contributed by atoms with E-state index in [4.69, 9.17) is 24.9 Å². The highest BCUT2D eigenvalue weighted by Gasteiger charge is 2.27. The predicted molar refractivity (Wildman–Crippen MR) is 191 cm³/mol. The van der Waals surface area contributed by atoms with Crippen LogP contribution in [0.15, 0.2) is 95.7 Å². The van der Waals surface area contributed by atoms with Crippen molar-refractivity contribution in [3.8, 4) is 22.8 Å². The summed E-state index contributed by atoms with van der Waals surface area (Å²) < 4.78 is 46.3. The number of amides is 1. The number of carbonyl (C=O) groups excluding carboxylic acids is 1. The Balaban J connectivity index is 0.000000170. The topological polar surface area (TPSA) is 126 Å². The van der Waals surface area contributed by atoms with Crippen LogP contribution in [0.1, 0.15) is 47.9 Å². The predicted octanol–water partition coefficient (Wildman–Crippen LogP) is 7.54. The number of rotatable bonds is 7. The van der Waals surface area contributed by atoms with Gasteiger partial charge in [-0.3, -0.25) is 9.36 Å². The second-order valence-electron chi connectivity index (χ2n) is 12.0. The van der Waals surface area contributed by atoms with E-state index in [0.717, 1.165) is 57.1 Å². The van der Waals surface area contributed by atoms with Gasteiger partial charge in [0.25, 0.3) is 0 Å². The highest BCUT2D eigenvalue weighted by molar-refractivity contribution is 9.10. The number of fused-ring (bicyclic) bond motifs is 2. The van der Waals surface area contributed by atoms with Crippen LogP contribution in [-0.4, -0.2) is 38.6 Å². The maximum atomic E-state index is 14.0. The number of halogens is 3. The van der Waals surface area contributed by atoms with Crippen LogP contribution >= 0.6 is 15.9 Å². The first-order chi connectivity index (χ1) is 24.8. The number of carbonyl (C=O) groups is 1. The molecule has 1 fully saturated rings. The fourth-order valence-corrected chi connectivity index (χ4v) is 6.55. The number of ether oxygens (including phenoxy) is 3. The highest BCUT2D eigenvalue weighted by atomic mass is 79.9. The van der Waals surface area contributed by atoms with E-state index in [1.165, 1.54) is 11.6 Å². The summed E-state index contributed by atoms with van der Waals surface area (Å²) in [6, 6.07) is 25.6. The Morgan fingerprint density at radius 1 is 1.00 bits per heavy atom. The summed E-state index contributed by atoms with van der Waals surface area (Å²) >= 11 is 3.47. The van der Waals surface area contributed by atoms with E-state index < -0.39 is 17.9 Å². The van der Waals surface area contributed by atoms with E-state index >= 15 is 0 Å². The molecule has 3 aromatic heterocycles. The Labute approximate surface area is 300 Å². The summed E-state index contributed by atoms with van der Waals surface area (Å²) in [4.78, 5) is 25.2. The number of nitrogens with two attached hydrogens (primary N) is 1. The van der Waals surface area contributed by atoms with Gasteiger partial charge >= 0.3 is 0 Å². The van der Waals surface area contributed by atoms with Gasteiger partial charge in [-0.25, -0.2) is 19.3 Å². The fraction of sp³-hybridized carbons (Fsp3) is 0.211. The molecule has 1 aliphatic carbocycles. The van der Waals surface area contributed by atoms with Crippen molar-refractivity contribution in [2.45, 2.75) is 38.7 Å². The Morgan fingerprint density at radius 2 is 1.78 bits per heavy atom. The molecule has 3 aromatic carbocycles. The van der Waals surface area contributed by atoms with E-state index in [0.29, 0.717) is 30.4 Å². The number of nitrogens with zero attached hydrogens (tertiary/aromatic N) is 4. The summed E-state index contributed by atoms with van der Waals surface area (Å²) in [5.41, 5.74) is 13.0. The van der Waals surface area contributed by atoms with Crippen molar-refractivity contribution < 1.29 is 27.8 Å². The van der Waals surface area contributed by atoms with Crippen molar-refractivity contribution in [1.29, 1.82) is 0 Å². The number of imidazole rings is 1. The summed E-state index contributed by atoms with van der Waals surface area (Å²) in [6.07, 6.45) is 2.75. The molecule has 1 saturated heterocycles. The molecule has 1 amide bonds. The van der Waals surface area contributed by atoms with Crippen LogP contribution in [0.5, 0.6) is 5.75 Å². The summed E-state index contributed by atoms with van der Waals surface area (Å²) in [5, 5.41) is 3.03. The maximum absolute atomic E-state index is 14.0. The molecule has 0 saturated carbocycles. The van der Waals surface area contributed by atoms with E-state index in [-0.39, 0.29) is 24.3 Å². The number of pyridine rings is 2. The lowest BCUT2D eigenvalue weighted by atomic mass is 10.1. The summed E-state index contributed by atoms with van der Waals surface area (Å²) in [7, 11) is 0. The molecule has 1 aliphatic heterocycles. The molecular formula is C38H33BrF2N6O4. The average molecular weight is 756 g/mol. The molecule has 1 unspecified atom stereocenters. The molecule has 4 heterocycles. The molecule has 8 rings (SSSR count). The number of aryl methyl sites for hydroxylation is 1. The second kappa shape index (κ2) is 14.9. The van der Waals surface area contributed by atoms with Gasteiger partial charge in [-0.15, -0.1) is 0 Å². The number of nitrogen functional groups attached to an aromatic ring is 1. The number of benzene rings is 3. The number of nitrogens with one attached hydrogen (secondary N) is 1. The van der Waals surface area contributed by atoms with Gasteiger partial charge in [0.05, 0.1) is 30.4 Å². The minimum absolute atomic E-state index is 0.0130. The lowest BCUT2D eigenvalue weighted by Gasteiger charge is -2.16. The van der Waals surface area contributed by atoms with Gasteiger partial charge in [-0.1, -0.05) is 36.4 Å². The molecule has 13 heteroatoms. The molecule has 0 radical (unpaired) electrons. The molecule has 0 spiro atoms. The first-order valence-corrected chi connectivity index (χ1v) is 17.1. The van der Waals surface area contributed by atoms with Crippen molar-refractivity contribution in [3.63, 3.8) is 0 Å². The lowest BCUT2D eigenvalue weighted by Crippen LogP contribution is -2.24. The van der Waals surface area contributed by atoms with Gasteiger partial charge in [0.15, 0.2) is 29.3 Å². The molecule has 51 heavy (non-hydrogen) atoms. The van der Waals surface area contributed by atoms with Crippen LogP contribution in [0.4, 0.5) is 14.6 Å². The standard InChI is InChI=1S/C22H19BrN6O.C16H14F2O3/c1-12(30)26-17-7-4-13-11-14(5-6-15(13)17)29-21(16-3-2-10-25-20(16)24)27-18-8-9-19(23)28-22(18)29;17-13-7-6-12(16-19-8-9-20-16)15(14(13)18)21-10-11-4-2-1-3-5-11/h2-3,5-6,8-11,17H,4,7H2,1H3,(H2,24,25)(H,26,30);1-7,16H,8-10H2. The van der Waals surface area contributed by atoms with Crippen LogP contribution in [0.2, 0.25) is 0 Å². The molecular weight excluding hydrogens is 722 g/mol.